The van der Waals surface area contributed by atoms with Crippen LogP contribution in [0.25, 0.3) is 0 Å². The van der Waals surface area contributed by atoms with Crippen LogP contribution in [0.15, 0.2) is 0 Å². The predicted octanol–water partition coefficient (Wildman–Crippen LogP) is 1.46. The van der Waals surface area contributed by atoms with Crippen LogP contribution >= 0.6 is 0 Å². The molecule has 0 radical (unpaired) electrons. The largest absolute Gasteiger partial charge is 0.341 e. The van der Waals surface area contributed by atoms with Gasteiger partial charge in [0.15, 0.2) is 9.84 Å². The van der Waals surface area contributed by atoms with Crippen LogP contribution in [0.1, 0.15) is 32.1 Å². The number of hydrogen-bond donors (Lipinski definition) is 0. The topological polar surface area (TPSA) is 54.5 Å². The first-order valence-corrected chi connectivity index (χ1v) is 8.48. The van der Waals surface area contributed by atoms with E-state index in [9.17, 15) is 22.0 Å². The van der Waals surface area contributed by atoms with Crippen LogP contribution in [0.5, 0.6) is 0 Å². The molecule has 1 heterocycles. The minimum absolute atomic E-state index is 0.0537. The third kappa shape index (κ3) is 3.87. The summed E-state index contributed by atoms with van der Waals surface area (Å²) in [5.41, 5.74) is 0. The molecule has 2 fully saturated rings. The average molecular weight is 295 g/mol. The Morgan fingerprint density at radius 2 is 1.89 bits per heavy atom. The number of amides is 1. The first-order chi connectivity index (χ1) is 8.79. The first kappa shape index (κ1) is 14.7. The summed E-state index contributed by atoms with van der Waals surface area (Å²) in [7, 11) is -3.08. The Morgan fingerprint density at radius 3 is 2.58 bits per heavy atom. The Morgan fingerprint density at radius 1 is 1.16 bits per heavy atom. The van der Waals surface area contributed by atoms with Gasteiger partial charge in [0, 0.05) is 31.8 Å². The van der Waals surface area contributed by atoms with Crippen molar-refractivity contribution in [2.24, 2.45) is 5.92 Å². The Kier molecular flexibility index (Phi) is 4.13. The number of rotatable bonds is 1. The molecule has 19 heavy (non-hydrogen) atoms. The molecule has 0 aromatic rings. The summed E-state index contributed by atoms with van der Waals surface area (Å²) in [6, 6.07) is 0. The van der Waals surface area contributed by atoms with Gasteiger partial charge in [0.25, 0.3) is 0 Å². The summed E-state index contributed by atoms with van der Waals surface area (Å²) in [5.74, 6) is -3.67. The lowest BCUT2D eigenvalue weighted by Gasteiger charge is -2.31. The Labute approximate surface area is 112 Å². The van der Waals surface area contributed by atoms with Crippen LogP contribution in [-0.2, 0) is 14.6 Å². The molecule has 1 saturated carbocycles. The summed E-state index contributed by atoms with van der Waals surface area (Å²) < 4.78 is 49.6. The standard InChI is InChI=1S/C12H19F2NO3S/c13-12(14)4-1-3-10(9-12)11(16)15-5-2-7-19(17,18)8-6-15/h10H,1-9H2. The van der Waals surface area contributed by atoms with E-state index in [1.807, 2.05) is 0 Å². The van der Waals surface area contributed by atoms with E-state index in [1.165, 1.54) is 4.90 Å². The quantitative estimate of drug-likeness (QED) is 0.736. The smallest absolute Gasteiger partial charge is 0.248 e. The predicted molar refractivity (Wildman–Crippen MR) is 66.8 cm³/mol. The summed E-state index contributed by atoms with van der Waals surface area (Å²) >= 11 is 0. The van der Waals surface area contributed by atoms with Gasteiger partial charge >= 0.3 is 0 Å². The summed E-state index contributed by atoms with van der Waals surface area (Å²) in [5, 5.41) is 0. The fourth-order valence-corrected chi connectivity index (χ4v) is 4.07. The highest BCUT2D eigenvalue weighted by molar-refractivity contribution is 7.91. The van der Waals surface area contributed by atoms with Gasteiger partial charge in [-0.15, -0.1) is 0 Å². The monoisotopic (exact) mass is 295 g/mol. The summed E-state index contributed by atoms with van der Waals surface area (Å²) in [6.07, 6.45) is 0.699. The van der Waals surface area contributed by atoms with E-state index in [0.29, 0.717) is 25.8 Å². The van der Waals surface area contributed by atoms with Crippen molar-refractivity contribution in [3.05, 3.63) is 0 Å². The van der Waals surface area contributed by atoms with Crippen LogP contribution in [0, 0.1) is 5.92 Å². The Bertz CT molecular complexity index is 450. The Balaban J connectivity index is 1.99. The molecule has 1 atom stereocenters. The molecule has 1 aliphatic carbocycles. The van der Waals surface area contributed by atoms with Gasteiger partial charge in [-0.05, 0) is 19.3 Å². The highest BCUT2D eigenvalue weighted by Crippen LogP contribution is 2.37. The zero-order valence-corrected chi connectivity index (χ0v) is 11.6. The van der Waals surface area contributed by atoms with Gasteiger partial charge < -0.3 is 4.90 Å². The van der Waals surface area contributed by atoms with Gasteiger partial charge in [-0.2, -0.15) is 0 Å². The van der Waals surface area contributed by atoms with E-state index in [4.69, 9.17) is 0 Å². The van der Waals surface area contributed by atoms with Gasteiger partial charge in [-0.3, -0.25) is 4.79 Å². The second kappa shape index (κ2) is 5.34. The summed E-state index contributed by atoms with van der Waals surface area (Å²) in [4.78, 5) is 13.7. The maximum atomic E-state index is 13.3. The molecular formula is C12H19F2NO3S. The van der Waals surface area contributed by atoms with Crippen molar-refractivity contribution in [2.45, 2.75) is 38.0 Å². The first-order valence-electron chi connectivity index (χ1n) is 6.66. The molecule has 0 bridgehead atoms. The van der Waals surface area contributed by atoms with Gasteiger partial charge in [0.2, 0.25) is 11.8 Å². The number of carbonyl (C=O) groups is 1. The number of alkyl halides is 2. The summed E-state index contributed by atoms with van der Waals surface area (Å²) in [6.45, 7) is 0.503. The SMILES string of the molecule is O=C(C1CCCC(F)(F)C1)N1CCCS(=O)(=O)CC1. The van der Waals surface area contributed by atoms with E-state index in [-0.39, 0.29) is 30.4 Å². The second-order valence-electron chi connectivity index (χ2n) is 5.48. The molecule has 2 aliphatic rings. The van der Waals surface area contributed by atoms with E-state index in [0.717, 1.165) is 0 Å². The van der Waals surface area contributed by atoms with E-state index < -0.39 is 28.1 Å². The normalized spacial score (nSPS) is 30.6. The van der Waals surface area contributed by atoms with Gasteiger partial charge in [0.1, 0.15) is 0 Å². The molecule has 0 aromatic heterocycles. The highest BCUT2D eigenvalue weighted by atomic mass is 32.2. The maximum absolute atomic E-state index is 13.3. The van der Waals surface area contributed by atoms with Crippen molar-refractivity contribution in [1.82, 2.24) is 4.90 Å². The van der Waals surface area contributed by atoms with Crippen LogP contribution in [0.4, 0.5) is 8.78 Å². The van der Waals surface area contributed by atoms with Crippen LogP contribution in [0.3, 0.4) is 0 Å². The van der Waals surface area contributed by atoms with Crippen molar-refractivity contribution >= 4 is 15.7 Å². The van der Waals surface area contributed by atoms with E-state index in [1.54, 1.807) is 0 Å². The van der Waals surface area contributed by atoms with Crippen molar-refractivity contribution < 1.29 is 22.0 Å². The number of nitrogens with zero attached hydrogens (tertiary/aromatic N) is 1. The lowest BCUT2D eigenvalue weighted by Crippen LogP contribution is -2.41. The highest BCUT2D eigenvalue weighted by Gasteiger charge is 2.40. The van der Waals surface area contributed by atoms with Crippen molar-refractivity contribution in [3.8, 4) is 0 Å². The maximum Gasteiger partial charge on any atom is 0.248 e. The number of halogens is 2. The third-order valence-corrected chi connectivity index (χ3v) is 5.57. The van der Waals surface area contributed by atoms with E-state index in [2.05, 4.69) is 0 Å². The minimum atomic E-state index is -3.08. The van der Waals surface area contributed by atoms with Crippen LogP contribution in [0.2, 0.25) is 0 Å². The Hall–Kier alpha value is -0.720. The fraction of sp³-hybridized carbons (Fsp3) is 0.917. The molecule has 1 saturated heterocycles. The lowest BCUT2D eigenvalue weighted by molar-refractivity contribution is -0.142. The van der Waals surface area contributed by atoms with E-state index >= 15 is 0 Å². The zero-order valence-electron chi connectivity index (χ0n) is 10.8. The molecule has 1 aliphatic heterocycles. The van der Waals surface area contributed by atoms with Gasteiger partial charge in [0.05, 0.1) is 11.5 Å². The van der Waals surface area contributed by atoms with Gasteiger partial charge in [-0.25, -0.2) is 17.2 Å². The van der Waals surface area contributed by atoms with Crippen LogP contribution in [-0.4, -0.2) is 49.7 Å². The molecule has 4 nitrogen and oxygen atoms in total. The van der Waals surface area contributed by atoms with Gasteiger partial charge in [-0.1, -0.05) is 0 Å². The average Bonchev–Trinajstić information content (AvgIpc) is 2.48. The van der Waals surface area contributed by atoms with Crippen molar-refractivity contribution in [2.75, 3.05) is 24.6 Å². The molecule has 1 amide bonds. The molecule has 0 spiro atoms. The molecule has 110 valence electrons. The van der Waals surface area contributed by atoms with Crippen LogP contribution < -0.4 is 0 Å². The molecule has 7 heteroatoms. The molecular weight excluding hydrogens is 276 g/mol. The molecule has 1 unspecified atom stereocenters. The third-order valence-electron chi connectivity index (χ3n) is 3.86. The number of carbonyl (C=O) groups excluding carboxylic acids is 1. The van der Waals surface area contributed by atoms with Crippen molar-refractivity contribution in [3.63, 3.8) is 0 Å². The molecule has 0 N–H and O–H groups in total. The lowest BCUT2D eigenvalue weighted by atomic mass is 9.85. The molecule has 2 rings (SSSR count). The minimum Gasteiger partial charge on any atom is -0.341 e. The second-order valence-corrected chi connectivity index (χ2v) is 7.78. The number of hydrogen-bond acceptors (Lipinski definition) is 3. The number of sulfone groups is 1. The zero-order chi connectivity index (χ0) is 14.1. The fourth-order valence-electron chi connectivity index (χ4n) is 2.80. The molecule has 0 aromatic carbocycles. The van der Waals surface area contributed by atoms with Crippen molar-refractivity contribution in [1.29, 1.82) is 0 Å².